The highest BCUT2D eigenvalue weighted by Gasteiger charge is 2.85. The van der Waals surface area contributed by atoms with Crippen LogP contribution in [0.1, 0.15) is 60.3 Å². The highest BCUT2D eigenvalue weighted by molar-refractivity contribution is 7.89. The second-order valence-electron chi connectivity index (χ2n) is 33.1. The number of hydrogen-bond donors (Lipinski definition) is 4. The molecule has 60 heteroatoms. The minimum Gasteiger partial charge on any atom is -0.455 e. The number of amides is 4. The fraction of sp³-hybridized carbons (Fsp3) is 0.671. The van der Waals surface area contributed by atoms with E-state index in [-0.39, 0.29) is 62.5 Å². The van der Waals surface area contributed by atoms with Crippen LogP contribution >= 0.6 is 0 Å². The van der Waals surface area contributed by atoms with E-state index in [1.807, 2.05) is 0 Å². The number of rotatable bonds is 24. The molecular formula is C73H84F6N4O44S6. The van der Waals surface area contributed by atoms with Gasteiger partial charge in [-0.3, -0.25) is 63.5 Å². The van der Waals surface area contributed by atoms with Gasteiger partial charge in [0.2, 0.25) is 28.4 Å². The van der Waals surface area contributed by atoms with Crippen LogP contribution < -0.4 is 21.3 Å². The zero-order chi connectivity index (χ0) is 98.2. The van der Waals surface area contributed by atoms with Gasteiger partial charge in [0.25, 0.3) is 60.7 Å². The van der Waals surface area contributed by atoms with E-state index in [2.05, 4.69) is 78.6 Å². The van der Waals surface area contributed by atoms with Crippen molar-refractivity contribution in [3.05, 3.63) is 74.9 Å². The summed E-state index contributed by atoms with van der Waals surface area (Å²) in [7, 11) is -24.2. The van der Waals surface area contributed by atoms with E-state index in [4.69, 9.17) is 73.6 Å². The van der Waals surface area contributed by atoms with Crippen molar-refractivity contribution in [3.63, 3.8) is 0 Å². The van der Waals surface area contributed by atoms with E-state index in [1.165, 1.54) is 13.8 Å². The van der Waals surface area contributed by atoms with Crippen molar-refractivity contribution in [2.45, 2.75) is 249 Å². The summed E-state index contributed by atoms with van der Waals surface area (Å²) in [6, 6.07) is 0. The Morgan fingerprint density at radius 1 is 0.414 bits per heavy atom. The van der Waals surface area contributed by atoms with Gasteiger partial charge in [-0.25, -0.2) is 19.2 Å². The Bertz CT molecular complexity index is 5580. The maximum Gasteiger partial charge on any atom is 0.413 e. The van der Waals surface area contributed by atoms with E-state index in [1.54, 1.807) is 20.8 Å². The first kappa shape index (κ1) is 101. The Labute approximate surface area is 750 Å². The minimum atomic E-state index is -5.09. The lowest BCUT2D eigenvalue weighted by atomic mass is 9.83. The summed E-state index contributed by atoms with van der Waals surface area (Å²) >= 11 is 0. The van der Waals surface area contributed by atoms with Gasteiger partial charge in [-0.1, -0.05) is 46.4 Å². The molecule has 738 valence electrons. The first-order valence-corrected chi connectivity index (χ1v) is 48.5. The topological polar surface area (TPSA) is 642 Å². The van der Waals surface area contributed by atoms with Crippen molar-refractivity contribution in [1.82, 2.24) is 21.3 Å². The lowest BCUT2D eigenvalue weighted by Gasteiger charge is -2.30. The van der Waals surface area contributed by atoms with Crippen LogP contribution in [0, 0.1) is 11.8 Å². The number of hydrogen-bond acceptors (Lipinski definition) is 44. The number of ether oxygens (including phenoxy) is 14. The van der Waals surface area contributed by atoms with Crippen molar-refractivity contribution < 1.29 is 226 Å². The molecule has 48 nitrogen and oxygen atoms in total. The summed E-state index contributed by atoms with van der Waals surface area (Å²) in [6.07, 6.45) is -27.3. The molecule has 0 aliphatic carbocycles. The van der Waals surface area contributed by atoms with Crippen LogP contribution in [0.25, 0.3) is 0 Å². The van der Waals surface area contributed by atoms with Crippen LogP contribution in [0.4, 0.5) is 26.3 Å². The lowest BCUT2D eigenvalue weighted by Crippen LogP contribution is -2.57. The fourth-order valence-electron chi connectivity index (χ4n) is 18.9. The van der Waals surface area contributed by atoms with Crippen LogP contribution in [0.5, 0.6) is 0 Å². The third-order valence-corrected chi connectivity index (χ3v) is 35.2. The number of esters is 8. The highest BCUT2D eigenvalue weighted by atomic mass is 32.2. The number of nitrogens with one attached hydrogen (secondary N) is 4. The number of halogens is 6. The van der Waals surface area contributed by atoms with Crippen molar-refractivity contribution in [1.29, 1.82) is 0 Å². The fourth-order valence-corrected chi connectivity index (χ4v) is 29.7. The second kappa shape index (κ2) is 36.4. The second-order valence-corrected chi connectivity index (χ2v) is 43.7. The first-order chi connectivity index (χ1) is 61.6. The van der Waals surface area contributed by atoms with Crippen molar-refractivity contribution in [2.75, 3.05) is 39.4 Å². The zero-order valence-corrected chi connectivity index (χ0v) is 74.4. The van der Waals surface area contributed by atoms with E-state index < -0.39 is 346 Å². The molecule has 18 saturated heterocycles. The summed E-state index contributed by atoms with van der Waals surface area (Å²) in [5, 5.41) is 4.54. The molecule has 12 bridgehead atoms. The number of fused-ring (bicyclic) bond motifs is 6. The molecule has 18 rings (SSSR count). The summed E-state index contributed by atoms with van der Waals surface area (Å²) < 4.78 is 320. The standard InChI is InChI=1S/2C13H13F3O8S.3C12H15NO7S.C11H13NO7S/c1-5(2)11(18)21-4-7(17)23-8-6-3-12(13(14,15)16)10(22-6)9(8)24-25(12,19)20;1-4(2)12(18)21-3-5(17)22-8-7-6(13(14,15)16)11-10(23-7)9(8)24-25(11,19)20;1-3-8(14)13-5-9(15)19-10-6-4-7-11(18-6)12(10,2)20-21(7,16)17;1-3-7(14)13-5-8(15)18-11-10-9-6(21(16,17)20-10)4-12(11,2)19-9;1-3-6(14)13-4-7(15)18-9-8-5(2)12-11(19-8)10(9)20-21(12,16)17;1-2-7(13)12-4-8(14)18-9-5-3-6-10(17-5)11(9)19-20(6,15)16/h6,8-10H,1,3-4H2,2H3;6-11H,1,3H2,2H3;3,6-7,10-11H,1,4-5H2,2H3,(H,13,14);3,6,9-11H,1,4-5H2,2H3,(H,13,14);3,5,8-12H,1,4H2,2H3,(H,13,14);2,5-6,9-11H,1,3-4H2,(H,12,13). The van der Waals surface area contributed by atoms with Gasteiger partial charge in [-0.2, -0.15) is 76.8 Å². The molecular weight excluding hydrogens is 1940 g/mol. The molecule has 133 heavy (non-hydrogen) atoms. The van der Waals surface area contributed by atoms with Gasteiger partial charge in [0.05, 0.1) is 18.3 Å². The highest BCUT2D eigenvalue weighted by Crippen LogP contribution is 2.62. The van der Waals surface area contributed by atoms with E-state index in [0.717, 1.165) is 24.3 Å². The van der Waals surface area contributed by atoms with Crippen molar-refractivity contribution in [2.24, 2.45) is 11.8 Å². The first-order valence-electron chi connectivity index (χ1n) is 39.7. The monoisotopic (exact) mass is 2030 g/mol. The van der Waals surface area contributed by atoms with Crippen LogP contribution in [0.2, 0.25) is 0 Å². The summed E-state index contributed by atoms with van der Waals surface area (Å²) in [6.45, 7) is 24.3. The molecule has 18 fully saturated rings. The molecule has 32 atom stereocenters. The van der Waals surface area contributed by atoms with Gasteiger partial charge in [0.15, 0.2) is 55.4 Å². The molecule has 0 saturated carbocycles. The van der Waals surface area contributed by atoms with Crippen molar-refractivity contribution >= 4 is 132 Å². The maximum atomic E-state index is 13.4. The zero-order valence-electron chi connectivity index (χ0n) is 69.5. The van der Waals surface area contributed by atoms with Crippen LogP contribution in [-0.2, 0) is 210 Å². The summed E-state index contributed by atoms with van der Waals surface area (Å²) in [4.78, 5) is 137. The average Bonchev–Trinajstić information content (AvgIpc) is 1.49. The number of alkyl halides is 6. The molecule has 32 unspecified atom stereocenters. The molecule has 0 aromatic rings. The van der Waals surface area contributed by atoms with Crippen LogP contribution in [-0.4, -0.2) is 350 Å². The third-order valence-electron chi connectivity index (χ3n) is 24.5. The largest absolute Gasteiger partial charge is 0.455 e. The number of carbonyl (C=O) groups is 12. The van der Waals surface area contributed by atoms with Gasteiger partial charge in [-0.15, -0.1) is 0 Å². The molecule has 18 aliphatic heterocycles. The molecule has 0 radical (unpaired) electrons. The molecule has 4 N–H and O–H groups in total. The normalized spacial score (nSPS) is 39.9. The van der Waals surface area contributed by atoms with Crippen LogP contribution in [0.15, 0.2) is 74.9 Å². The SMILES string of the molecule is C=C(C)C(=O)OCC(=O)OC1C2CC3(C(F)(F)F)C(O2)C1OS3(=O)=O.C=C(C)C(=O)OCC(=O)OC1C2OS(=O)(=O)C3C2OC1C3C(F)(F)F.C=CC(=O)NCC(=O)OC1C2CC3C(O2)C1(C)OS3(=O)=O.C=CC(=O)NCC(=O)OC1C2CC3C(O2)C1OS3(=O)=O.C=CC(=O)NCC(=O)OC1C2OC3C1OS(=O)(=O)C3C2C.C=CC(=O)NCC(=O)OC1C2OS(=O)(=O)C3CC1(C)OC23. The van der Waals surface area contributed by atoms with Gasteiger partial charge in [-0.05, 0) is 64.8 Å². The van der Waals surface area contributed by atoms with Crippen LogP contribution in [0.3, 0.4) is 0 Å². The van der Waals surface area contributed by atoms with Gasteiger partial charge in [0, 0.05) is 29.9 Å². The summed E-state index contributed by atoms with van der Waals surface area (Å²) in [5.74, 6) is -11.3. The maximum absolute atomic E-state index is 13.4. The lowest BCUT2D eigenvalue weighted by molar-refractivity contribution is -0.201. The molecule has 0 aromatic carbocycles. The smallest absolute Gasteiger partial charge is 0.413 e. The Morgan fingerprint density at radius 2 is 0.827 bits per heavy atom. The third kappa shape index (κ3) is 18.8. The average molecular weight is 2030 g/mol. The van der Waals surface area contributed by atoms with Gasteiger partial charge in [0.1, 0.15) is 143 Å². The molecule has 18 heterocycles. The van der Waals surface area contributed by atoms with Gasteiger partial charge < -0.3 is 87.6 Å². The predicted molar refractivity (Wildman–Crippen MR) is 413 cm³/mol. The van der Waals surface area contributed by atoms with Gasteiger partial charge >= 0.3 is 60.1 Å². The van der Waals surface area contributed by atoms with Crippen molar-refractivity contribution in [3.8, 4) is 0 Å². The Kier molecular flexibility index (Phi) is 27.7. The predicted octanol–water partition coefficient (Wildman–Crippen LogP) is -4.81. The van der Waals surface area contributed by atoms with E-state index in [0.29, 0.717) is 0 Å². The molecule has 18 aliphatic rings. The Balaban J connectivity index is 0.000000136. The Morgan fingerprint density at radius 3 is 1.33 bits per heavy atom. The molecule has 4 amide bonds. The van der Waals surface area contributed by atoms with E-state index >= 15 is 0 Å². The molecule has 0 aromatic heterocycles. The molecule has 0 spiro atoms. The van der Waals surface area contributed by atoms with E-state index in [9.17, 15) is 134 Å². The number of carbonyl (C=O) groups excluding carboxylic acids is 12. The summed E-state index contributed by atoms with van der Waals surface area (Å²) in [5.41, 5.74) is -2.01. The minimum absolute atomic E-state index is 0.0150. The Hall–Kier alpha value is -9.12. The quantitative estimate of drug-likeness (QED) is 0.0232.